The first kappa shape index (κ1) is 23.7. The van der Waals surface area contributed by atoms with Crippen molar-refractivity contribution in [3.8, 4) is 5.75 Å². The van der Waals surface area contributed by atoms with Crippen LogP contribution in [0.4, 0.5) is 11.4 Å². The Labute approximate surface area is 198 Å². The topological polar surface area (TPSA) is 123 Å². The number of hydrazone groups is 1. The van der Waals surface area contributed by atoms with Crippen LogP contribution in [0.15, 0.2) is 71.8 Å². The van der Waals surface area contributed by atoms with Crippen molar-refractivity contribution in [3.63, 3.8) is 0 Å². The van der Waals surface area contributed by atoms with Gasteiger partial charge in [0.15, 0.2) is 6.61 Å². The molecule has 0 heterocycles. The molecule has 168 valence electrons. The Morgan fingerprint density at radius 1 is 1.03 bits per heavy atom. The van der Waals surface area contributed by atoms with E-state index in [0.29, 0.717) is 16.3 Å². The highest BCUT2D eigenvalue weighted by Crippen LogP contribution is 2.25. The highest BCUT2D eigenvalue weighted by molar-refractivity contribution is 6.33. The molecule has 33 heavy (non-hydrogen) atoms. The standard InChI is InChI=1S/C22H16Cl2N4O5/c23-17-6-1-2-7-19(17)26-21(29)13-33-20-9-8-14(10-18(20)24)12-25-27-22(30)15-4-3-5-16(11-15)28(31)32/h1-12H,13H2,(H,26,29)(H,27,30)/b25-12+. The lowest BCUT2D eigenvalue weighted by molar-refractivity contribution is -0.384. The zero-order valence-electron chi connectivity index (χ0n) is 16.8. The number of carbonyl (C=O) groups excluding carboxylic acids is 2. The molecule has 0 aromatic heterocycles. The number of halogens is 2. The van der Waals surface area contributed by atoms with E-state index in [1.54, 1.807) is 36.4 Å². The fourth-order valence-corrected chi connectivity index (χ4v) is 3.02. The molecule has 2 amide bonds. The average Bonchev–Trinajstić information content (AvgIpc) is 2.80. The van der Waals surface area contributed by atoms with Gasteiger partial charge in [0.1, 0.15) is 5.75 Å². The van der Waals surface area contributed by atoms with Crippen molar-refractivity contribution < 1.29 is 19.2 Å². The second-order valence-corrected chi connectivity index (χ2v) is 7.33. The van der Waals surface area contributed by atoms with Gasteiger partial charge in [0.25, 0.3) is 17.5 Å². The second-order valence-electron chi connectivity index (χ2n) is 6.51. The van der Waals surface area contributed by atoms with Gasteiger partial charge >= 0.3 is 0 Å². The molecular weight excluding hydrogens is 471 g/mol. The minimum absolute atomic E-state index is 0.0956. The van der Waals surface area contributed by atoms with E-state index < -0.39 is 16.7 Å². The Bertz CT molecular complexity index is 1230. The number of anilines is 1. The van der Waals surface area contributed by atoms with Crippen molar-refractivity contribution in [1.29, 1.82) is 0 Å². The van der Waals surface area contributed by atoms with Gasteiger partial charge in [0.2, 0.25) is 0 Å². The number of nitro groups is 1. The molecule has 0 aliphatic carbocycles. The number of ether oxygens (including phenoxy) is 1. The molecule has 0 saturated carbocycles. The molecule has 0 aliphatic rings. The molecule has 0 radical (unpaired) electrons. The van der Waals surface area contributed by atoms with Crippen LogP contribution in [-0.2, 0) is 4.79 Å². The number of para-hydroxylation sites is 1. The number of nitrogens with zero attached hydrogens (tertiary/aromatic N) is 2. The van der Waals surface area contributed by atoms with Gasteiger partial charge in [-0.05, 0) is 42.0 Å². The zero-order valence-corrected chi connectivity index (χ0v) is 18.3. The van der Waals surface area contributed by atoms with Crippen molar-refractivity contribution in [2.24, 2.45) is 5.10 Å². The van der Waals surface area contributed by atoms with Crippen LogP contribution in [0.3, 0.4) is 0 Å². The number of carbonyl (C=O) groups is 2. The van der Waals surface area contributed by atoms with Gasteiger partial charge in [-0.15, -0.1) is 0 Å². The maximum Gasteiger partial charge on any atom is 0.271 e. The number of hydrogen-bond acceptors (Lipinski definition) is 6. The third kappa shape index (κ3) is 6.76. The molecular formula is C22H16Cl2N4O5. The molecule has 11 heteroatoms. The van der Waals surface area contributed by atoms with Gasteiger partial charge in [-0.25, -0.2) is 5.43 Å². The lowest BCUT2D eigenvalue weighted by Gasteiger charge is -2.10. The highest BCUT2D eigenvalue weighted by atomic mass is 35.5. The summed E-state index contributed by atoms with van der Waals surface area (Å²) in [5, 5.41) is 17.9. The lowest BCUT2D eigenvalue weighted by atomic mass is 10.2. The Hall–Kier alpha value is -3.95. The molecule has 3 aromatic rings. The Balaban J connectivity index is 1.54. The summed E-state index contributed by atoms with van der Waals surface area (Å²) in [6, 6.07) is 16.8. The molecule has 0 aliphatic heterocycles. The third-order valence-electron chi connectivity index (χ3n) is 4.16. The van der Waals surface area contributed by atoms with Crippen LogP contribution in [0.5, 0.6) is 5.75 Å². The lowest BCUT2D eigenvalue weighted by Crippen LogP contribution is -2.20. The van der Waals surface area contributed by atoms with Crippen molar-refractivity contribution in [1.82, 2.24) is 5.43 Å². The number of amides is 2. The van der Waals surface area contributed by atoms with E-state index in [9.17, 15) is 19.7 Å². The Morgan fingerprint density at radius 3 is 2.55 bits per heavy atom. The fraction of sp³-hybridized carbons (Fsp3) is 0.0455. The van der Waals surface area contributed by atoms with Gasteiger partial charge in [0.05, 0.1) is 26.9 Å². The van der Waals surface area contributed by atoms with Crippen molar-refractivity contribution in [3.05, 3.63) is 98.0 Å². The summed E-state index contributed by atoms with van der Waals surface area (Å²) in [6.07, 6.45) is 1.34. The van der Waals surface area contributed by atoms with Gasteiger partial charge in [-0.2, -0.15) is 5.10 Å². The van der Waals surface area contributed by atoms with Gasteiger partial charge in [-0.3, -0.25) is 19.7 Å². The minimum Gasteiger partial charge on any atom is -0.482 e. The number of nitrogens with one attached hydrogen (secondary N) is 2. The van der Waals surface area contributed by atoms with Gasteiger partial charge in [-0.1, -0.05) is 41.4 Å². The quantitative estimate of drug-likeness (QED) is 0.271. The van der Waals surface area contributed by atoms with Crippen LogP contribution in [0.2, 0.25) is 10.0 Å². The van der Waals surface area contributed by atoms with Crippen LogP contribution >= 0.6 is 23.2 Å². The molecule has 2 N–H and O–H groups in total. The smallest absolute Gasteiger partial charge is 0.271 e. The van der Waals surface area contributed by atoms with E-state index in [4.69, 9.17) is 27.9 Å². The largest absolute Gasteiger partial charge is 0.482 e. The zero-order chi connectivity index (χ0) is 23.8. The molecule has 0 unspecified atom stereocenters. The highest BCUT2D eigenvalue weighted by Gasteiger charge is 2.11. The summed E-state index contributed by atoms with van der Waals surface area (Å²) in [5.74, 6) is -0.733. The van der Waals surface area contributed by atoms with Crippen molar-refractivity contribution in [2.75, 3.05) is 11.9 Å². The molecule has 0 bridgehead atoms. The molecule has 0 saturated heterocycles. The van der Waals surface area contributed by atoms with E-state index in [-0.39, 0.29) is 28.6 Å². The third-order valence-corrected chi connectivity index (χ3v) is 4.79. The number of rotatable bonds is 8. The van der Waals surface area contributed by atoms with Crippen molar-refractivity contribution >= 4 is 52.6 Å². The summed E-state index contributed by atoms with van der Waals surface area (Å²) in [5.41, 5.74) is 3.20. The Kier molecular flexibility index (Phi) is 7.96. The van der Waals surface area contributed by atoms with Crippen molar-refractivity contribution in [2.45, 2.75) is 0 Å². The SMILES string of the molecule is O=C(COc1ccc(/C=N/NC(=O)c2cccc([N+](=O)[O-])c2)cc1Cl)Nc1ccccc1Cl. The minimum atomic E-state index is -0.606. The van der Waals surface area contributed by atoms with E-state index in [2.05, 4.69) is 15.8 Å². The molecule has 0 spiro atoms. The predicted octanol–water partition coefficient (Wildman–Crippen LogP) is 4.68. The Morgan fingerprint density at radius 2 is 1.82 bits per heavy atom. The second kappa shape index (κ2) is 11.1. The molecule has 9 nitrogen and oxygen atoms in total. The summed E-state index contributed by atoms with van der Waals surface area (Å²) in [6.45, 7) is -0.280. The summed E-state index contributed by atoms with van der Waals surface area (Å²) >= 11 is 12.2. The first-order chi connectivity index (χ1) is 15.8. The number of nitro benzene ring substituents is 1. The maximum atomic E-state index is 12.1. The number of hydrogen-bond donors (Lipinski definition) is 2. The van der Waals surface area contributed by atoms with E-state index in [1.807, 2.05) is 0 Å². The fourth-order valence-electron chi connectivity index (χ4n) is 2.60. The maximum absolute atomic E-state index is 12.1. The first-order valence-corrected chi connectivity index (χ1v) is 10.1. The molecule has 3 rings (SSSR count). The number of benzene rings is 3. The van der Waals surface area contributed by atoms with Crippen LogP contribution in [-0.4, -0.2) is 29.6 Å². The van der Waals surface area contributed by atoms with E-state index >= 15 is 0 Å². The normalized spacial score (nSPS) is 10.6. The molecule has 0 atom stereocenters. The monoisotopic (exact) mass is 486 g/mol. The summed E-state index contributed by atoms with van der Waals surface area (Å²) in [7, 11) is 0. The van der Waals surface area contributed by atoms with Crippen LogP contribution < -0.4 is 15.5 Å². The molecule has 3 aromatic carbocycles. The van der Waals surface area contributed by atoms with Gasteiger partial charge in [0, 0.05) is 17.7 Å². The van der Waals surface area contributed by atoms with Crippen LogP contribution in [0.25, 0.3) is 0 Å². The van der Waals surface area contributed by atoms with Crippen LogP contribution in [0, 0.1) is 10.1 Å². The predicted molar refractivity (Wildman–Crippen MR) is 125 cm³/mol. The van der Waals surface area contributed by atoms with Crippen LogP contribution in [0.1, 0.15) is 15.9 Å². The van der Waals surface area contributed by atoms with E-state index in [0.717, 1.165) is 6.07 Å². The van der Waals surface area contributed by atoms with E-state index in [1.165, 1.54) is 30.5 Å². The molecule has 0 fully saturated rings. The first-order valence-electron chi connectivity index (χ1n) is 9.38. The summed E-state index contributed by atoms with van der Waals surface area (Å²) < 4.78 is 5.44. The average molecular weight is 487 g/mol. The number of non-ortho nitro benzene ring substituents is 1. The van der Waals surface area contributed by atoms with Gasteiger partial charge < -0.3 is 10.1 Å². The summed E-state index contributed by atoms with van der Waals surface area (Å²) in [4.78, 5) is 34.4.